The summed E-state index contributed by atoms with van der Waals surface area (Å²) >= 11 is 8.80. The Hall–Kier alpha value is 0.270. The molecule has 1 atom stereocenters. The van der Waals surface area contributed by atoms with Gasteiger partial charge >= 0.3 is 0 Å². The van der Waals surface area contributed by atoms with E-state index >= 15 is 0 Å². The van der Waals surface area contributed by atoms with Crippen molar-refractivity contribution in [1.29, 1.82) is 0 Å². The van der Waals surface area contributed by atoms with E-state index in [1.165, 1.54) is 15.4 Å². The van der Waals surface area contributed by atoms with E-state index in [9.17, 15) is 0 Å². The van der Waals surface area contributed by atoms with Crippen LogP contribution in [0.2, 0.25) is 0 Å². The lowest BCUT2D eigenvalue weighted by atomic mass is 10.2. The van der Waals surface area contributed by atoms with E-state index in [1.807, 2.05) is 0 Å². The third kappa shape index (κ3) is 2.86. The summed E-state index contributed by atoms with van der Waals surface area (Å²) in [5, 5.41) is 0.207. The first kappa shape index (κ1) is 11.3. The fourth-order valence-corrected chi connectivity index (χ4v) is 2.67. The van der Waals surface area contributed by atoms with Crippen molar-refractivity contribution in [2.45, 2.75) is 22.0 Å². The molecule has 0 saturated carbocycles. The Bertz CT molecular complexity index is 281. The highest BCUT2D eigenvalue weighted by Gasteiger charge is 2.07. The van der Waals surface area contributed by atoms with Crippen LogP contribution in [0.4, 0.5) is 0 Å². The van der Waals surface area contributed by atoms with Gasteiger partial charge < -0.3 is 0 Å². The minimum atomic E-state index is 0.207. The smallest absolute Gasteiger partial charge is 0.0384 e. The number of thioether (sulfide) groups is 2. The second-order valence-corrected chi connectivity index (χ2v) is 5.18. The highest BCUT2D eigenvalue weighted by atomic mass is 32.2. The molecule has 0 aromatic heterocycles. The summed E-state index contributed by atoms with van der Waals surface area (Å²) in [4.78, 5) is 2.62. The lowest BCUT2D eigenvalue weighted by Gasteiger charge is -2.10. The zero-order chi connectivity index (χ0) is 9.84. The highest BCUT2D eigenvalue weighted by molar-refractivity contribution is 7.99. The predicted octanol–water partition coefficient (Wildman–Crippen LogP) is 4.39. The van der Waals surface area contributed by atoms with Crippen LogP contribution < -0.4 is 0 Å². The molecule has 1 aromatic rings. The van der Waals surface area contributed by atoms with Gasteiger partial charge in [-0.15, -0.1) is 23.5 Å². The molecular formula is C10H13S3. The van der Waals surface area contributed by atoms with Crippen LogP contribution in [0, 0.1) is 0 Å². The van der Waals surface area contributed by atoms with E-state index in [1.54, 1.807) is 23.5 Å². The topological polar surface area (TPSA) is 0 Å². The first-order chi connectivity index (χ1) is 6.19. The number of benzene rings is 1. The predicted molar refractivity (Wildman–Crippen MR) is 66.0 cm³/mol. The first-order valence-electron chi connectivity index (χ1n) is 4.06. The Kier molecular flexibility index (Phi) is 4.56. The molecule has 1 radical (unpaired) electrons. The van der Waals surface area contributed by atoms with Gasteiger partial charge in [0.25, 0.3) is 0 Å². The van der Waals surface area contributed by atoms with Gasteiger partial charge in [0, 0.05) is 15.0 Å². The summed E-state index contributed by atoms with van der Waals surface area (Å²) in [6, 6.07) is 6.51. The molecule has 1 rings (SSSR count). The number of hydrogen-bond acceptors (Lipinski definition) is 2. The van der Waals surface area contributed by atoms with Gasteiger partial charge in [0.05, 0.1) is 0 Å². The highest BCUT2D eigenvalue weighted by Crippen LogP contribution is 2.32. The van der Waals surface area contributed by atoms with Crippen molar-refractivity contribution in [1.82, 2.24) is 0 Å². The van der Waals surface area contributed by atoms with E-state index in [0.29, 0.717) is 0 Å². The van der Waals surface area contributed by atoms with Gasteiger partial charge in [-0.05, 0) is 37.1 Å². The van der Waals surface area contributed by atoms with Crippen molar-refractivity contribution in [3.05, 3.63) is 23.8 Å². The van der Waals surface area contributed by atoms with E-state index < -0.39 is 0 Å². The van der Waals surface area contributed by atoms with Crippen molar-refractivity contribution in [3.63, 3.8) is 0 Å². The monoisotopic (exact) mass is 229 g/mol. The zero-order valence-electron chi connectivity index (χ0n) is 8.03. The summed E-state index contributed by atoms with van der Waals surface area (Å²) in [5.41, 5.74) is 1.28. The molecule has 0 aliphatic carbocycles. The molecule has 0 bridgehead atoms. The average Bonchev–Trinajstić information content (AvgIpc) is 2.16. The maximum atomic E-state index is 5.26. The first-order valence-corrected chi connectivity index (χ1v) is 6.99. The van der Waals surface area contributed by atoms with Crippen LogP contribution >= 0.6 is 36.2 Å². The average molecular weight is 229 g/mol. The van der Waals surface area contributed by atoms with E-state index in [-0.39, 0.29) is 5.25 Å². The van der Waals surface area contributed by atoms with Crippen LogP contribution in [0.5, 0.6) is 0 Å². The molecule has 0 nitrogen and oxygen atoms in total. The standard InChI is InChI=1S/C10H13S3/c1-7(11)9-5-4-8(12-2)6-10(9)13-3/h4-7H,1-3H3. The molecule has 1 aromatic carbocycles. The Morgan fingerprint density at radius 1 is 1.23 bits per heavy atom. The molecule has 0 spiro atoms. The minimum absolute atomic E-state index is 0.207. The fraction of sp³-hybridized carbons (Fsp3) is 0.400. The third-order valence-electron chi connectivity index (χ3n) is 1.88. The molecule has 0 aliphatic rings. The van der Waals surface area contributed by atoms with Crippen LogP contribution in [-0.4, -0.2) is 12.5 Å². The van der Waals surface area contributed by atoms with E-state index in [0.717, 1.165) is 0 Å². The van der Waals surface area contributed by atoms with Crippen LogP contribution in [0.15, 0.2) is 28.0 Å². The lowest BCUT2D eigenvalue weighted by molar-refractivity contribution is 1.05. The largest absolute Gasteiger partial charge is 0.130 e. The van der Waals surface area contributed by atoms with Gasteiger partial charge in [-0.3, -0.25) is 0 Å². The molecule has 0 aliphatic heterocycles. The molecule has 1 unspecified atom stereocenters. The van der Waals surface area contributed by atoms with Crippen molar-refractivity contribution in [2.75, 3.05) is 12.5 Å². The maximum Gasteiger partial charge on any atom is 0.0384 e. The van der Waals surface area contributed by atoms with Gasteiger partial charge in [0.2, 0.25) is 0 Å². The van der Waals surface area contributed by atoms with Crippen LogP contribution in [0.25, 0.3) is 0 Å². The quantitative estimate of drug-likeness (QED) is 0.705. The molecule has 0 N–H and O–H groups in total. The summed E-state index contributed by atoms with van der Waals surface area (Å²) in [6.07, 6.45) is 4.19. The second kappa shape index (κ2) is 5.23. The third-order valence-corrected chi connectivity index (χ3v) is 3.65. The SMILES string of the molecule is CSc1ccc(C(C)[S])c(SC)c1. The summed E-state index contributed by atoms with van der Waals surface area (Å²) in [5.74, 6) is 0. The maximum absolute atomic E-state index is 5.26. The molecule has 13 heavy (non-hydrogen) atoms. The van der Waals surface area contributed by atoms with Gasteiger partial charge in [-0.2, -0.15) is 0 Å². The molecule has 0 fully saturated rings. The zero-order valence-corrected chi connectivity index (χ0v) is 10.5. The molecular weight excluding hydrogens is 216 g/mol. The van der Waals surface area contributed by atoms with Gasteiger partial charge in [0.1, 0.15) is 0 Å². The summed E-state index contributed by atoms with van der Waals surface area (Å²) < 4.78 is 0. The van der Waals surface area contributed by atoms with E-state index in [2.05, 4.69) is 37.6 Å². The van der Waals surface area contributed by atoms with Gasteiger partial charge in [0.15, 0.2) is 0 Å². The molecule has 0 heterocycles. The van der Waals surface area contributed by atoms with Crippen molar-refractivity contribution < 1.29 is 0 Å². The number of rotatable bonds is 3. The Morgan fingerprint density at radius 2 is 1.92 bits per heavy atom. The fourth-order valence-electron chi connectivity index (χ4n) is 1.15. The minimum Gasteiger partial charge on any atom is -0.130 e. The van der Waals surface area contributed by atoms with Gasteiger partial charge in [-0.1, -0.05) is 18.7 Å². The van der Waals surface area contributed by atoms with Crippen LogP contribution in [0.3, 0.4) is 0 Å². The Labute approximate surface area is 94.3 Å². The molecule has 3 heteroatoms. The van der Waals surface area contributed by atoms with Crippen molar-refractivity contribution >= 4 is 36.2 Å². The summed E-state index contributed by atoms with van der Waals surface area (Å²) in [6.45, 7) is 2.06. The van der Waals surface area contributed by atoms with Crippen LogP contribution in [0.1, 0.15) is 17.7 Å². The normalized spacial score (nSPS) is 12.9. The van der Waals surface area contributed by atoms with Crippen LogP contribution in [-0.2, 0) is 0 Å². The molecule has 0 amide bonds. The number of hydrogen-bond donors (Lipinski definition) is 0. The lowest BCUT2D eigenvalue weighted by Crippen LogP contribution is -1.88. The van der Waals surface area contributed by atoms with Crippen molar-refractivity contribution in [2.24, 2.45) is 0 Å². The Morgan fingerprint density at radius 3 is 2.38 bits per heavy atom. The van der Waals surface area contributed by atoms with Crippen molar-refractivity contribution in [3.8, 4) is 0 Å². The molecule has 71 valence electrons. The Balaban J connectivity index is 3.08. The van der Waals surface area contributed by atoms with E-state index in [4.69, 9.17) is 12.6 Å². The van der Waals surface area contributed by atoms with Gasteiger partial charge in [-0.25, -0.2) is 0 Å². The molecule has 0 saturated heterocycles. The summed E-state index contributed by atoms with van der Waals surface area (Å²) in [7, 11) is 0. The second-order valence-electron chi connectivity index (χ2n) is 2.75.